The standard InChI is InChI=1S/C18H8ClF3O3/c19-9-5-7-10(8-6-9)23-16-13(20)14(21)17-18(15(16)22)25-12-4-2-1-3-11(12)24-17/h1-8H. The third-order valence-electron chi connectivity index (χ3n) is 3.50. The van der Waals surface area contributed by atoms with Gasteiger partial charge < -0.3 is 14.2 Å². The Balaban J connectivity index is 1.80. The van der Waals surface area contributed by atoms with Crippen molar-refractivity contribution in [3.8, 4) is 34.5 Å². The molecule has 3 aromatic rings. The van der Waals surface area contributed by atoms with Gasteiger partial charge in [-0.3, -0.25) is 0 Å². The van der Waals surface area contributed by atoms with Crippen LogP contribution in [0.2, 0.25) is 5.02 Å². The summed E-state index contributed by atoms with van der Waals surface area (Å²) in [5.74, 6) is -5.90. The second-order valence-electron chi connectivity index (χ2n) is 5.14. The van der Waals surface area contributed by atoms with E-state index in [-0.39, 0.29) is 17.2 Å². The predicted molar refractivity (Wildman–Crippen MR) is 84.4 cm³/mol. The number of rotatable bonds is 2. The van der Waals surface area contributed by atoms with Crippen molar-refractivity contribution < 1.29 is 27.4 Å². The van der Waals surface area contributed by atoms with Crippen LogP contribution in [0.3, 0.4) is 0 Å². The van der Waals surface area contributed by atoms with Crippen molar-refractivity contribution >= 4 is 11.6 Å². The van der Waals surface area contributed by atoms with E-state index in [2.05, 4.69) is 0 Å². The van der Waals surface area contributed by atoms with Gasteiger partial charge in [0.2, 0.25) is 34.7 Å². The fraction of sp³-hybridized carbons (Fsp3) is 0. The first-order valence-corrected chi connectivity index (χ1v) is 7.51. The van der Waals surface area contributed by atoms with E-state index in [0.717, 1.165) is 0 Å². The Hall–Kier alpha value is -2.86. The number of fused-ring (bicyclic) bond motifs is 2. The van der Waals surface area contributed by atoms with Crippen LogP contribution in [0.15, 0.2) is 48.5 Å². The molecule has 0 amide bonds. The van der Waals surface area contributed by atoms with Gasteiger partial charge in [0.1, 0.15) is 5.75 Å². The minimum atomic E-state index is -1.52. The van der Waals surface area contributed by atoms with Crippen LogP contribution in [0.25, 0.3) is 0 Å². The summed E-state index contributed by atoms with van der Waals surface area (Å²) >= 11 is 5.74. The Morgan fingerprint density at radius 3 is 1.88 bits per heavy atom. The molecule has 0 saturated heterocycles. The Morgan fingerprint density at radius 1 is 0.720 bits per heavy atom. The zero-order valence-corrected chi connectivity index (χ0v) is 13.1. The van der Waals surface area contributed by atoms with E-state index >= 15 is 0 Å². The average Bonchev–Trinajstić information content (AvgIpc) is 2.64. The molecular weight excluding hydrogens is 357 g/mol. The predicted octanol–water partition coefficient (Wildman–Crippen LogP) is 6.45. The fourth-order valence-corrected chi connectivity index (χ4v) is 2.46. The van der Waals surface area contributed by atoms with Crippen molar-refractivity contribution in [2.24, 2.45) is 0 Å². The molecule has 0 aliphatic carbocycles. The summed E-state index contributed by atoms with van der Waals surface area (Å²) in [4.78, 5) is 0. The van der Waals surface area contributed by atoms with E-state index < -0.39 is 34.7 Å². The molecule has 0 bridgehead atoms. The molecule has 3 aromatic carbocycles. The molecule has 0 aromatic heterocycles. The molecule has 1 aliphatic heterocycles. The number of para-hydroxylation sites is 2. The summed E-state index contributed by atoms with van der Waals surface area (Å²) in [6, 6.07) is 12.0. The summed E-state index contributed by atoms with van der Waals surface area (Å²) in [5.41, 5.74) is 0. The van der Waals surface area contributed by atoms with E-state index in [1.54, 1.807) is 12.1 Å². The van der Waals surface area contributed by atoms with Gasteiger partial charge in [0.05, 0.1) is 0 Å². The minimum Gasteiger partial charge on any atom is -0.451 e. The van der Waals surface area contributed by atoms with E-state index in [4.69, 9.17) is 25.8 Å². The van der Waals surface area contributed by atoms with Gasteiger partial charge in [-0.25, -0.2) is 0 Å². The van der Waals surface area contributed by atoms with Crippen LogP contribution >= 0.6 is 11.6 Å². The lowest BCUT2D eigenvalue weighted by Crippen LogP contribution is -2.07. The molecule has 0 atom stereocenters. The molecule has 3 nitrogen and oxygen atoms in total. The summed E-state index contributed by atoms with van der Waals surface area (Å²) < 4.78 is 59.0. The third kappa shape index (κ3) is 2.64. The van der Waals surface area contributed by atoms with Crippen LogP contribution in [-0.2, 0) is 0 Å². The SMILES string of the molecule is Fc1c(F)c2c(c(F)c1Oc1ccc(Cl)cc1)Oc1ccccc1O2. The van der Waals surface area contributed by atoms with E-state index in [1.165, 1.54) is 36.4 Å². The first kappa shape index (κ1) is 15.7. The van der Waals surface area contributed by atoms with Crippen LogP contribution in [0.5, 0.6) is 34.5 Å². The molecule has 0 fully saturated rings. The number of ether oxygens (including phenoxy) is 3. The maximum Gasteiger partial charge on any atom is 0.215 e. The van der Waals surface area contributed by atoms with Crippen molar-refractivity contribution in [1.29, 1.82) is 0 Å². The lowest BCUT2D eigenvalue weighted by molar-refractivity contribution is 0.300. The number of benzene rings is 3. The number of halogens is 4. The lowest BCUT2D eigenvalue weighted by Gasteiger charge is -2.22. The van der Waals surface area contributed by atoms with E-state index in [9.17, 15) is 13.2 Å². The Kier molecular flexibility index (Phi) is 3.69. The Labute approximate surface area is 145 Å². The zero-order chi connectivity index (χ0) is 17.6. The van der Waals surface area contributed by atoms with Gasteiger partial charge in [-0.15, -0.1) is 0 Å². The smallest absolute Gasteiger partial charge is 0.215 e. The van der Waals surface area contributed by atoms with Gasteiger partial charge in [-0.2, -0.15) is 13.2 Å². The molecule has 0 unspecified atom stereocenters. The fourth-order valence-electron chi connectivity index (χ4n) is 2.33. The summed E-state index contributed by atoms with van der Waals surface area (Å²) in [5, 5.41) is 0.415. The van der Waals surface area contributed by atoms with Gasteiger partial charge in [-0.1, -0.05) is 23.7 Å². The molecule has 1 heterocycles. The Morgan fingerprint density at radius 2 is 1.28 bits per heavy atom. The number of hydrogen-bond acceptors (Lipinski definition) is 3. The first-order chi connectivity index (χ1) is 12.0. The van der Waals surface area contributed by atoms with Gasteiger partial charge in [0.25, 0.3) is 0 Å². The molecule has 0 N–H and O–H groups in total. The van der Waals surface area contributed by atoms with Crippen molar-refractivity contribution in [1.82, 2.24) is 0 Å². The van der Waals surface area contributed by atoms with Gasteiger partial charge in [0.15, 0.2) is 11.5 Å². The second-order valence-corrected chi connectivity index (χ2v) is 5.57. The zero-order valence-electron chi connectivity index (χ0n) is 12.4. The summed E-state index contributed by atoms with van der Waals surface area (Å²) in [7, 11) is 0. The number of hydrogen-bond donors (Lipinski definition) is 0. The molecule has 4 rings (SSSR count). The highest BCUT2D eigenvalue weighted by Crippen LogP contribution is 2.51. The van der Waals surface area contributed by atoms with Crippen LogP contribution in [0, 0.1) is 17.5 Å². The normalized spacial score (nSPS) is 11.8. The highest BCUT2D eigenvalue weighted by Gasteiger charge is 2.33. The average molecular weight is 365 g/mol. The van der Waals surface area contributed by atoms with Crippen LogP contribution in [0.1, 0.15) is 0 Å². The van der Waals surface area contributed by atoms with Gasteiger partial charge >= 0.3 is 0 Å². The second kappa shape index (κ2) is 5.89. The summed E-state index contributed by atoms with van der Waals surface area (Å²) in [6.45, 7) is 0. The molecule has 1 aliphatic rings. The van der Waals surface area contributed by atoms with Crippen molar-refractivity contribution in [2.45, 2.75) is 0 Å². The molecular formula is C18H8ClF3O3. The molecule has 126 valence electrons. The monoisotopic (exact) mass is 364 g/mol. The molecule has 7 heteroatoms. The quantitative estimate of drug-likeness (QED) is 0.383. The largest absolute Gasteiger partial charge is 0.451 e. The van der Waals surface area contributed by atoms with Crippen molar-refractivity contribution in [3.05, 3.63) is 71.0 Å². The van der Waals surface area contributed by atoms with Gasteiger partial charge in [-0.05, 0) is 36.4 Å². The highest BCUT2D eigenvalue weighted by atomic mass is 35.5. The minimum absolute atomic E-state index is 0.0821. The maximum absolute atomic E-state index is 14.7. The topological polar surface area (TPSA) is 27.7 Å². The van der Waals surface area contributed by atoms with Crippen LogP contribution < -0.4 is 14.2 Å². The van der Waals surface area contributed by atoms with Crippen molar-refractivity contribution in [2.75, 3.05) is 0 Å². The first-order valence-electron chi connectivity index (χ1n) is 7.13. The molecule has 0 saturated carbocycles. The van der Waals surface area contributed by atoms with Gasteiger partial charge in [0, 0.05) is 5.02 Å². The molecule has 0 radical (unpaired) electrons. The van der Waals surface area contributed by atoms with Crippen LogP contribution in [0.4, 0.5) is 13.2 Å². The van der Waals surface area contributed by atoms with E-state index in [0.29, 0.717) is 5.02 Å². The van der Waals surface area contributed by atoms with Crippen molar-refractivity contribution in [3.63, 3.8) is 0 Å². The molecule has 25 heavy (non-hydrogen) atoms. The summed E-state index contributed by atoms with van der Waals surface area (Å²) in [6.07, 6.45) is 0. The van der Waals surface area contributed by atoms with Crippen LogP contribution in [-0.4, -0.2) is 0 Å². The third-order valence-corrected chi connectivity index (χ3v) is 3.76. The lowest BCUT2D eigenvalue weighted by atomic mass is 10.2. The maximum atomic E-state index is 14.7. The van der Waals surface area contributed by atoms with E-state index in [1.807, 2.05) is 0 Å². The highest BCUT2D eigenvalue weighted by molar-refractivity contribution is 6.30. The molecule has 0 spiro atoms. The Bertz CT molecular complexity index is 974.